The number of thiophene rings is 1. The molecule has 4 aromatic rings. The van der Waals surface area contributed by atoms with Gasteiger partial charge in [0.05, 0.1) is 21.5 Å². The van der Waals surface area contributed by atoms with Gasteiger partial charge in [0.1, 0.15) is 5.82 Å². The highest BCUT2D eigenvalue weighted by Crippen LogP contribution is 2.32. The minimum atomic E-state index is -0.935. The molecule has 2 aromatic heterocycles. The van der Waals surface area contributed by atoms with Crippen molar-refractivity contribution in [2.75, 3.05) is 0 Å². The number of carboxylic acids is 1. The van der Waals surface area contributed by atoms with E-state index in [1.807, 2.05) is 12.1 Å². The van der Waals surface area contributed by atoms with Crippen molar-refractivity contribution in [3.05, 3.63) is 54.1 Å². The Morgan fingerprint density at radius 1 is 1.14 bits per heavy atom. The molecule has 0 aliphatic rings. The highest BCUT2D eigenvalue weighted by Gasteiger charge is 2.11. The third kappa shape index (κ3) is 1.98. The summed E-state index contributed by atoms with van der Waals surface area (Å²) in [5.41, 5.74) is 1.77. The van der Waals surface area contributed by atoms with Crippen LogP contribution in [0, 0.1) is 0 Å². The molecule has 102 valence electrons. The molecule has 2 N–H and O–H groups in total. The van der Waals surface area contributed by atoms with E-state index >= 15 is 0 Å². The first-order chi connectivity index (χ1) is 10.2. The number of rotatable bonds is 2. The summed E-state index contributed by atoms with van der Waals surface area (Å²) in [6.07, 6.45) is 0. The maximum Gasteiger partial charge on any atom is 0.335 e. The first-order valence-electron chi connectivity index (χ1n) is 6.43. The first-order valence-corrected chi connectivity index (χ1v) is 7.24. The zero-order valence-electron chi connectivity index (χ0n) is 10.8. The molecule has 0 radical (unpaired) electrons. The first kappa shape index (κ1) is 12.1. The van der Waals surface area contributed by atoms with E-state index in [2.05, 4.69) is 28.2 Å². The van der Waals surface area contributed by atoms with Crippen molar-refractivity contribution in [1.29, 1.82) is 0 Å². The lowest BCUT2D eigenvalue weighted by molar-refractivity contribution is 0.0697. The summed E-state index contributed by atoms with van der Waals surface area (Å²) in [5.74, 6) is -0.163. The highest BCUT2D eigenvalue weighted by molar-refractivity contribution is 7.22. The molecule has 21 heavy (non-hydrogen) atoms. The van der Waals surface area contributed by atoms with Gasteiger partial charge in [-0.2, -0.15) is 0 Å². The monoisotopic (exact) mass is 294 g/mol. The van der Waals surface area contributed by atoms with Crippen LogP contribution in [0.5, 0.6) is 0 Å². The molecule has 0 aliphatic heterocycles. The van der Waals surface area contributed by atoms with E-state index in [1.54, 1.807) is 29.5 Å². The van der Waals surface area contributed by atoms with Crippen LogP contribution in [0.4, 0.5) is 0 Å². The van der Waals surface area contributed by atoms with Crippen molar-refractivity contribution in [3.8, 4) is 10.7 Å². The van der Waals surface area contributed by atoms with Crippen molar-refractivity contribution in [3.63, 3.8) is 0 Å². The second kappa shape index (κ2) is 4.43. The zero-order valence-corrected chi connectivity index (χ0v) is 11.6. The van der Waals surface area contributed by atoms with Gasteiger partial charge in [-0.05, 0) is 35.7 Å². The number of hydrogen-bond acceptors (Lipinski definition) is 3. The number of aromatic amines is 1. The van der Waals surface area contributed by atoms with E-state index in [4.69, 9.17) is 5.11 Å². The van der Waals surface area contributed by atoms with Gasteiger partial charge < -0.3 is 10.1 Å². The number of benzene rings is 2. The fourth-order valence-corrected chi connectivity index (χ4v) is 3.37. The molecule has 0 fully saturated rings. The number of hydrogen-bond donors (Lipinski definition) is 2. The Hall–Kier alpha value is -2.66. The number of fused-ring (bicyclic) bond motifs is 2. The van der Waals surface area contributed by atoms with Crippen LogP contribution in [0.2, 0.25) is 0 Å². The molecule has 2 heterocycles. The van der Waals surface area contributed by atoms with Crippen molar-refractivity contribution in [2.45, 2.75) is 0 Å². The molecule has 0 unspecified atom stereocenters. The van der Waals surface area contributed by atoms with Gasteiger partial charge in [-0.3, -0.25) is 0 Å². The Labute approximate surface area is 123 Å². The zero-order chi connectivity index (χ0) is 14.4. The molecule has 4 rings (SSSR count). The summed E-state index contributed by atoms with van der Waals surface area (Å²) in [6, 6.07) is 15.2. The van der Waals surface area contributed by atoms with Gasteiger partial charge in [-0.1, -0.05) is 18.2 Å². The lowest BCUT2D eigenvalue weighted by Gasteiger charge is -1.92. The van der Waals surface area contributed by atoms with Crippen LogP contribution >= 0.6 is 11.3 Å². The molecule has 0 saturated carbocycles. The number of aromatic carboxylic acids is 1. The van der Waals surface area contributed by atoms with Crippen molar-refractivity contribution in [2.24, 2.45) is 0 Å². The van der Waals surface area contributed by atoms with Gasteiger partial charge in [-0.25, -0.2) is 9.78 Å². The maximum atomic E-state index is 11.0. The minimum Gasteiger partial charge on any atom is -0.478 e. The van der Waals surface area contributed by atoms with Gasteiger partial charge in [-0.15, -0.1) is 11.3 Å². The fraction of sp³-hybridized carbons (Fsp3) is 0. The van der Waals surface area contributed by atoms with E-state index in [9.17, 15) is 4.79 Å². The number of nitrogens with one attached hydrogen (secondary N) is 1. The number of aromatic nitrogens is 2. The van der Waals surface area contributed by atoms with Crippen LogP contribution in [0.1, 0.15) is 10.4 Å². The number of carboxylic acid groups (broad SMARTS) is 1. The molecule has 0 amide bonds. The van der Waals surface area contributed by atoms with Gasteiger partial charge >= 0.3 is 5.97 Å². The van der Waals surface area contributed by atoms with Crippen LogP contribution in [-0.2, 0) is 0 Å². The molecule has 0 bridgehead atoms. The van der Waals surface area contributed by atoms with Gasteiger partial charge in [0, 0.05) is 4.70 Å². The fourth-order valence-electron chi connectivity index (χ4n) is 2.36. The normalized spacial score (nSPS) is 11.2. The smallest absolute Gasteiger partial charge is 0.335 e. The largest absolute Gasteiger partial charge is 0.478 e. The average Bonchev–Trinajstić information content (AvgIpc) is 3.09. The Kier molecular flexibility index (Phi) is 2.55. The van der Waals surface area contributed by atoms with Gasteiger partial charge in [0.25, 0.3) is 0 Å². The Morgan fingerprint density at radius 2 is 2.00 bits per heavy atom. The lowest BCUT2D eigenvalue weighted by Crippen LogP contribution is -1.94. The number of nitrogens with zero attached hydrogens (tertiary/aromatic N) is 1. The van der Waals surface area contributed by atoms with Gasteiger partial charge in [0.2, 0.25) is 0 Å². The second-order valence-electron chi connectivity index (χ2n) is 4.77. The SMILES string of the molecule is O=C(O)c1ccc2nc(-c3cc4ccccc4s3)[nH]c2c1. The van der Waals surface area contributed by atoms with Gasteiger partial charge in [0.15, 0.2) is 0 Å². The van der Waals surface area contributed by atoms with Crippen LogP contribution in [0.3, 0.4) is 0 Å². The molecule has 5 heteroatoms. The van der Waals surface area contributed by atoms with E-state index in [0.717, 1.165) is 21.7 Å². The van der Waals surface area contributed by atoms with Crippen molar-refractivity contribution >= 4 is 38.4 Å². The average molecular weight is 294 g/mol. The predicted octanol–water partition coefficient (Wildman–Crippen LogP) is 4.14. The third-order valence-corrected chi connectivity index (χ3v) is 4.51. The second-order valence-corrected chi connectivity index (χ2v) is 5.85. The quantitative estimate of drug-likeness (QED) is 0.584. The van der Waals surface area contributed by atoms with Crippen molar-refractivity contribution < 1.29 is 9.90 Å². The number of H-pyrrole nitrogens is 1. The lowest BCUT2D eigenvalue weighted by atomic mass is 10.2. The molecule has 0 atom stereocenters. The summed E-state index contributed by atoms with van der Waals surface area (Å²) in [5, 5.41) is 10.2. The summed E-state index contributed by atoms with van der Waals surface area (Å²) in [4.78, 5) is 19.8. The van der Waals surface area contributed by atoms with Crippen LogP contribution < -0.4 is 0 Å². The Balaban J connectivity index is 1.87. The topological polar surface area (TPSA) is 66.0 Å². The van der Waals surface area contributed by atoms with E-state index < -0.39 is 5.97 Å². The number of imidazole rings is 1. The van der Waals surface area contributed by atoms with Crippen LogP contribution in [0.15, 0.2) is 48.5 Å². The van der Waals surface area contributed by atoms with E-state index in [0.29, 0.717) is 0 Å². The summed E-state index contributed by atoms with van der Waals surface area (Å²) >= 11 is 1.67. The van der Waals surface area contributed by atoms with E-state index in [1.165, 1.54) is 10.1 Å². The Bertz CT molecular complexity index is 951. The molecule has 2 aromatic carbocycles. The van der Waals surface area contributed by atoms with Crippen LogP contribution in [0.25, 0.3) is 31.8 Å². The Morgan fingerprint density at radius 3 is 2.81 bits per heavy atom. The molecular formula is C16H10N2O2S. The molecule has 4 nitrogen and oxygen atoms in total. The number of carbonyl (C=O) groups is 1. The summed E-state index contributed by atoms with van der Waals surface area (Å²) in [6.45, 7) is 0. The summed E-state index contributed by atoms with van der Waals surface area (Å²) < 4.78 is 1.21. The molecule has 0 spiro atoms. The van der Waals surface area contributed by atoms with Crippen molar-refractivity contribution in [1.82, 2.24) is 9.97 Å². The molecule has 0 aliphatic carbocycles. The molecule has 0 saturated heterocycles. The minimum absolute atomic E-state index is 0.258. The predicted molar refractivity (Wildman–Crippen MR) is 83.9 cm³/mol. The maximum absolute atomic E-state index is 11.0. The third-order valence-electron chi connectivity index (χ3n) is 3.39. The standard InChI is InChI=1S/C16H10N2O2S/c19-16(20)10-5-6-11-12(7-10)18-15(17-11)14-8-9-3-1-2-4-13(9)21-14/h1-8H,(H,17,18)(H,19,20). The highest BCUT2D eigenvalue weighted by atomic mass is 32.1. The van der Waals surface area contributed by atoms with E-state index in [-0.39, 0.29) is 5.56 Å². The molecular weight excluding hydrogens is 284 g/mol. The van der Waals surface area contributed by atoms with Crippen LogP contribution in [-0.4, -0.2) is 21.0 Å². The summed E-state index contributed by atoms with van der Waals surface area (Å²) in [7, 11) is 0.